The van der Waals surface area contributed by atoms with E-state index in [1.54, 1.807) is 0 Å². The van der Waals surface area contributed by atoms with Crippen LogP contribution in [0, 0.1) is 0 Å². The smallest absolute Gasteiger partial charge is 0.339 e. The maximum absolute atomic E-state index is 10.8. The van der Waals surface area contributed by atoms with E-state index >= 15 is 0 Å². The highest BCUT2D eigenvalue weighted by atomic mass is 16.5. The first kappa shape index (κ1) is 12.1. The molecule has 1 aliphatic rings. The van der Waals surface area contributed by atoms with Gasteiger partial charge in [-0.1, -0.05) is 0 Å². The summed E-state index contributed by atoms with van der Waals surface area (Å²) in [5, 5.41) is 12.2. The van der Waals surface area contributed by atoms with Crippen LogP contribution in [0.4, 0.5) is 0 Å². The Morgan fingerprint density at radius 2 is 2.41 bits per heavy atom. The third kappa shape index (κ3) is 2.87. The van der Waals surface area contributed by atoms with Gasteiger partial charge in [0.25, 0.3) is 0 Å². The topological polar surface area (TPSA) is 71.7 Å². The molecule has 1 heterocycles. The van der Waals surface area contributed by atoms with Crippen LogP contribution >= 0.6 is 0 Å². The van der Waals surface area contributed by atoms with Crippen molar-refractivity contribution in [3.05, 3.63) is 23.7 Å². The lowest BCUT2D eigenvalue weighted by molar-refractivity contribution is -0.0106. The Morgan fingerprint density at radius 1 is 1.65 bits per heavy atom. The minimum absolute atomic E-state index is 0.234. The first-order valence-electron chi connectivity index (χ1n) is 5.85. The highest BCUT2D eigenvalue weighted by Crippen LogP contribution is 2.23. The minimum Gasteiger partial charge on any atom is -0.478 e. The molecule has 17 heavy (non-hydrogen) atoms. The molecule has 0 saturated heterocycles. The summed E-state index contributed by atoms with van der Waals surface area (Å²) in [5.74, 6) is -0.464. The Kier molecular flexibility index (Phi) is 3.81. The van der Waals surface area contributed by atoms with Gasteiger partial charge in [0, 0.05) is 12.6 Å². The summed E-state index contributed by atoms with van der Waals surface area (Å²) in [6.07, 6.45) is 3.73. The van der Waals surface area contributed by atoms with Crippen LogP contribution in [0.5, 0.6) is 0 Å². The standard InChI is InChI=1S/C12H17NO4/c1-2-16-9-5-8(6-9)13-7-11-10(12(14)15)3-4-17-11/h3-4,8-9,13H,2,5-7H2,1H3,(H,14,15). The van der Waals surface area contributed by atoms with E-state index in [0.29, 0.717) is 24.5 Å². The number of carboxylic acid groups (broad SMARTS) is 1. The Labute approximate surface area is 99.8 Å². The average Bonchev–Trinajstić information content (AvgIpc) is 2.69. The van der Waals surface area contributed by atoms with Gasteiger partial charge in [-0.3, -0.25) is 0 Å². The van der Waals surface area contributed by atoms with Crippen molar-refractivity contribution in [2.24, 2.45) is 0 Å². The molecule has 94 valence electrons. The zero-order chi connectivity index (χ0) is 12.3. The van der Waals surface area contributed by atoms with Crippen molar-refractivity contribution in [1.29, 1.82) is 0 Å². The quantitative estimate of drug-likeness (QED) is 0.789. The molecule has 1 aromatic heterocycles. The van der Waals surface area contributed by atoms with Crippen molar-refractivity contribution >= 4 is 5.97 Å². The molecule has 0 spiro atoms. The van der Waals surface area contributed by atoms with E-state index in [4.69, 9.17) is 14.3 Å². The van der Waals surface area contributed by atoms with Crippen molar-refractivity contribution in [3.63, 3.8) is 0 Å². The zero-order valence-electron chi connectivity index (χ0n) is 9.81. The fourth-order valence-corrected chi connectivity index (χ4v) is 2.01. The lowest BCUT2D eigenvalue weighted by atomic mass is 9.89. The number of nitrogens with one attached hydrogen (secondary N) is 1. The molecular weight excluding hydrogens is 222 g/mol. The van der Waals surface area contributed by atoms with Crippen LogP contribution in [0.15, 0.2) is 16.7 Å². The van der Waals surface area contributed by atoms with Crippen LogP contribution in [0.3, 0.4) is 0 Å². The lowest BCUT2D eigenvalue weighted by Crippen LogP contribution is -2.45. The number of hydrogen-bond acceptors (Lipinski definition) is 4. The van der Waals surface area contributed by atoms with Crippen LogP contribution in [0.25, 0.3) is 0 Å². The number of furan rings is 1. The fourth-order valence-electron chi connectivity index (χ4n) is 2.01. The molecule has 0 radical (unpaired) electrons. The molecule has 1 aromatic rings. The van der Waals surface area contributed by atoms with Crippen molar-refractivity contribution in [1.82, 2.24) is 5.32 Å². The third-order valence-corrected chi connectivity index (χ3v) is 3.02. The number of rotatable bonds is 6. The maximum atomic E-state index is 10.8. The van der Waals surface area contributed by atoms with E-state index in [1.165, 1.54) is 12.3 Å². The molecule has 5 heteroatoms. The van der Waals surface area contributed by atoms with E-state index in [1.807, 2.05) is 6.92 Å². The van der Waals surface area contributed by atoms with Gasteiger partial charge in [-0.25, -0.2) is 4.79 Å². The van der Waals surface area contributed by atoms with E-state index in [0.717, 1.165) is 19.4 Å². The highest BCUT2D eigenvalue weighted by Gasteiger charge is 2.29. The van der Waals surface area contributed by atoms with Gasteiger partial charge in [0.05, 0.1) is 18.9 Å². The number of carbonyl (C=O) groups is 1. The Hall–Kier alpha value is -1.33. The van der Waals surface area contributed by atoms with Gasteiger partial charge in [0.2, 0.25) is 0 Å². The SMILES string of the molecule is CCOC1CC(NCc2occc2C(=O)O)C1. The highest BCUT2D eigenvalue weighted by molar-refractivity contribution is 5.88. The van der Waals surface area contributed by atoms with Crippen LogP contribution in [0.2, 0.25) is 0 Å². The number of carboxylic acids is 1. The molecule has 0 amide bonds. The summed E-state index contributed by atoms with van der Waals surface area (Å²) < 4.78 is 10.6. The molecule has 1 fully saturated rings. The molecule has 1 aliphatic carbocycles. The van der Waals surface area contributed by atoms with Gasteiger partial charge in [-0.15, -0.1) is 0 Å². The first-order chi connectivity index (χ1) is 8.20. The van der Waals surface area contributed by atoms with Crippen LogP contribution in [0.1, 0.15) is 35.9 Å². The van der Waals surface area contributed by atoms with Gasteiger partial charge in [0.1, 0.15) is 11.3 Å². The van der Waals surface area contributed by atoms with Gasteiger partial charge in [-0.2, -0.15) is 0 Å². The third-order valence-electron chi connectivity index (χ3n) is 3.02. The molecular formula is C12H17NO4. The second kappa shape index (κ2) is 5.33. The normalized spacial score (nSPS) is 23.4. The number of hydrogen-bond donors (Lipinski definition) is 2. The molecule has 0 bridgehead atoms. The zero-order valence-corrected chi connectivity index (χ0v) is 9.81. The second-order valence-electron chi connectivity index (χ2n) is 4.19. The van der Waals surface area contributed by atoms with Crippen molar-refractivity contribution < 1.29 is 19.1 Å². The Balaban J connectivity index is 1.76. The van der Waals surface area contributed by atoms with E-state index in [-0.39, 0.29) is 5.56 Å². The van der Waals surface area contributed by atoms with Crippen molar-refractivity contribution in [3.8, 4) is 0 Å². The van der Waals surface area contributed by atoms with Crippen LogP contribution in [-0.4, -0.2) is 29.8 Å². The maximum Gasteiger partial charge on any atom is 0.339 e. The number of aromatic carboxylic acids is 1. The summed E-state index contributed by atoms with van der Waals surface area (Å²) in [4.78, 5) is 10.8. The van der Waals surface area contributed by atoms with E-state index in [9.17, 15) is 4.79 Å². The molecule has 2 N–H and O–H groups in total. The van der Waals surface area contributed by atoms with Crippen molar-refractivity contribution in [2.75, 3.05) is 6.61 Å². The van der Waals surface area contributed by atoms with Gasteiger partial charge in [0.15, 0.2) is 0 Å². The largest absolute Gasteiger partial charge is 0.478 e. The fraction of sp³-hybridized carbons (Fsp3) is 0.583. The number of ether oxygens (including phenoxy) is 1. The summed E-state index contributed by atoms with van der Waals surface area (Å²) in [6.45, 7) is 3.19. The minimum atomic E-state index is -0.948. The predicted molar refractivity (Wildman–Crippen MR) is 60.9 cm³/mol. The second-order valence-corrected chi connectivity index (χ2v) is 4.19. The molecule has 0 aliphatic heterocycles. The molecule has 0 aromatic carbocycles. The first-order valence-corrected chi connectivity index (χ1v) is 5.85. The lowest BCUT2D eigenvalue weighted by Gasteiger charge is -2.35. The molecule has 2 rings (SSSR count). The Morgan fingerprint density at radius 3 is 3.06 bits per heavy atom. The van der Waals surface area contributed by atoms with E-state index in [2.05, 4.69) is 5.32 Å². The average molecular weight is 239 g/mol. The predicted octanol–water partition coefficient (Wildman–Crippen LogP) is 1.63. The molecule has 0 atom stereocenters. The summed E-state index contributed by atoms with van der Waals surface area (Å²) in [5.41, 5.74) is 0.234. The summed E-state index contributed by atoms with van der Waals surface area (Å²) in [6, 6.07) is 1.88. The molecule has 1 saturated carbocycles. The van der Waals surface area contributed by atoms with E-state index < -0.39 is 5.97 Å². The van der Waals surface area contributed by atoms with Gasteiger partial charge in [-0.05, 0) is 25.8 Å². The van der Waals surface area contributed by atoms with Crippen LogP contribution < -0.4 is 5.32 Å². The van der Waals surface area contributed by atoms with Crippen molar-refractivity contribution in [2.45, 2.75) is 38.5 Å². The summed E-state index contributed by atoms with van der Waals surface area (Å²) in [7, 11) is 0. The molecule has 5 nitrogen and oxygen atoms in total. The monoisotopic (exact) mass is 239 g/mol. The molecule has 0 unspecified atom stereocenters. The van der Waals surface area contributed by atoms with Gasteiger partial charge >= 0.3 is 5.97 Å². The Bertz CT molecular complexity index is 382. The van der Waals surface area contributed by atoms with Crippen LogP contribution in [-0.2, 0) is 11.3 Å². The summed E-state index contributed by atoms with van der Waals surface area (Å²) >= 11 is 0. The van der Waals surface area contributed by atoms with Gasteiger partial charge < -0.3 is 19.6 Å².